The van der Waals surface area contributed by atoms with Crippen LogP contribution in [-0.2, 0) is 4.79 Å². The molecule has 0 aliphatic heterocycles. The molecular formula is C5H5NO2S. The summed E-state index contributed by atoms with van der Waals surface area (Å²) in [4.78, 5) is 9.99. The Kier molecular flexibility index (Phi) is 1.79. The maximum Gasteiger partial charge on any atom is 0.226 e. The second kappa shape index (κ2) is 2.59. The molecule has 0 aromatic carbocycles. The number of furan rings is 1. The van der Waals surface area contributed by atoms with E-state index in [1.54, 1.807) is 12.1 Å². The SMILES string of the molecule is O=CN(S)c1ccco1. The molecule has 1 aromatic rings. The van der Waals surface area contributed by atoms with Crippen LogP contribution < -0.4 is 4.31 Å². The fourth-order valence-electron chi connectivity index (χ4n) is 0.452. The second-order valence-corrected chi connectivity index (χ2v) is 1.83. The Balaban J connectivity index is 2.76. The van der Waals surface area contributed by atoms with Gasteiger partial charge in [-0.2, -0.15) is 0 Å². The first kappa shape index (κ1) is 6.22. The van der Waals surface area contributed by atoms with Gasteiger partial charge in [-0.05, 0) is 6.07 Å². The highest BCUT2D eigenvalue weighted by Crippen LogP contribution is 2.13. The summed E-state index contributed by atoms with van der Waals surface area (Å²) in [5.74, 6) is 0.424. The fourth-order valence-corrected chi connectivity index (χ4v) is 0.566. The zero-order valence-corrected chi connectivity index (χ0v) is 5.41. The molecule has 0 aliphatic rings. The van der Waals surface area contributed by atoms with E-state index in [4.69, 9.17) is 4.42 Å². The van der Waals surface area contributed by atoms with Crippen molar-refractivity contribution in [3.63, 3.8) is 0 Å². The second-order valence-electron chi connectivity index (χ2n) is 1.40. The molecule has 3 nitrogen and oxygen atoms in total. The molecule has 0 aliphatic carbocycles. The Morgan fingerprint density at radius 3 is 3.00 bits per heavy atom. The van der Waals surface area contributed by atoms with Crippen LogP contribution in [0.25, 0.3) is 0 Å². The normalized spacial score (nSPS) is 9.00. The Bertz CT molecular complexity index is 185. The van der Waals surface area contributed by atoms with Gasteiger partial charge in [-0.1, -0.05) is 12.8 Å². The van der Waals surface area contributed by atoms with Crippen LogP contribution in [0.15, 0.2) is 22.8 Å². The molecule has 0 fully saturated rings. The quantitative estimate of drug-likeness (QED) is 0.496. The van der Waals surface area contributed by atoms with Gasteiger partial charge in [0.25, 0.3) is 0 Å². The monoisotopic (exact) mass is 143 g/mol. The van der Waals surface area contributed by atoms with Crippen molar-refractivity contribution in [3.8, 4) is 0 Å². The van der Waals surface area contributed by atoms with Gasteiger partial charge in [-0.3, -0.25) is 4.79 Å². The molecule has 0 bridgehead atoms. The van der Waals surface area contributed by atoms with Crippen molar-refractivity contribution in [2.45, 2.75) is 0 Å². The molecule has 1 heterocycles. The van der Waals surface area contributed by atoms with E-state index >= 15 is 0 Å². The van der Waals surface area contributed by atoms with Gasteiger partial charge in [0.2, 0.25) is 12.3 Å². The number of carbonyl (C=O) groups excluding carboxylic acids is 1. The number of rotatable bonds is 2. The van der Waals surface area contributed by atoms with Gasteiger partial charge >= 0.3 is 0 Å². The van der Waals surface area contributed by atoms with Crippen molar-refractivity contribution in [1.29, 1.82) is 0 Å². The average Bonchev–Trinajstić information content (AvgIpc) is 2.37. The molecule has 4 heteroatoms. The number of anilines is 1. The van der Waals surface area contributed by atoms with Crippen LogP contribution in [0, 0.1) is 0 Å². The number of thiol groups is 1. The minimum atomic E-state index is 0.424. The first-order chi connectivity index (χ1) is 4.34. The van der Waals surface area contributed by atoms with E-state index < -0.39 is 0 Å². The van der Waals surface area contributed by atoms with Gasteiger partial charge in [0.1, 0.15) is 0 Å². The van der Waals surface area contributed by atoms with Gasteiger partial charge in [-0.25, -0.2) is 4.31 Å². The third kappa shape index (κ3) is 1.26. The molecule has 1 amide bonds. The van der Waals surface area contributed by atoms with Crippen LogP contribution in [0.1, 0.15) is 0 Å². The third-order valence-electron chi connectivity index (χ3n) is 0.832. The topological polar surface area (TPSA) is 33.5 Å². The first-order valence-electron chi connectivity index (χ1n) is 2.31. The summed E-state index contributed by atoms with van der Waals surface area (Å²) >= 11 is 3.76. The highest BCUT2D eigenvalue weighted by molar-refractivity contribution is 7.82. The molecule has 0 radical (unpaired) electrons. The molecule has 0 saturated carbocycles. The van der Waals surface area contributed by atoms with Crippen molar-refractivity contribution in [3.05, 3.63) is 18.4 Å². The Morgan fingerprint density at radius 1 is 1.78 bits per heavy atom. The Labute approximate surface area is 57.8 Å². The van der Waals surface area contributed by atoms with E-state index in [9.17, 15) is 4.79 Å². The molecule has 1 aromatic heterocycles. The Hall–Kier alpha value is -0.900. The van der Waals surface area contributed by atoms with Crippen LogP contribution in [0.2, 0.25) is 0 Å². The number of hydrogen-bond acceptors (Lipinski definition) is 3. The number of hydrogen-bond donors (Lipinski definition) is 1. The predicted octanol–water partition coefficient (Wildman–Crippen LogP) is 1.09. The van der Waals surface area contributed by atoms with Crippen molar-refractivity contribution >= 4 is 25.1 Å². The number of nitrogens with zero attached hydrogens (tertiary/aromatic N) is 1. The molecular weight excluding hydrogens is 138 g/mol. The average molecular weight is 143 g/mol. The van der Waals surface area contributed by atoms with Gasteiger partial charge in [0.15, 0.2) is 0 Å². The third-order valence-corrected chi connectivity index (χ3v) is 1.12. The van der Waals surface area contributed by atoms with Gasteiger partial charge in [0, 0.05) is 6.07 Å². The van der Waals surface area contributed by atoms with Crippen molar-refractivity contribution < 1.29 is 9.21 Å². The van der Waals surface area contributed by atoms with Crippen LogP contribution in [0.4, 0.5) is 5.88 Å². The molecule has 0 atom stereocenters. The molecule has 1 rings (SSSR count). The van der Waals surface area contributed by atoms with Gasteiger partial charge in [-0.15, -0.1) is 0 Å². The smallest absolute Gasteiger partial charge is 0.226 e. The maximum atomic E-state index is 9.99. The summed E-state index contributed by atoms with van der Waals surface area (Å²) in [5, 5.41) is 0. The summed E-state index contributed by atoms with van der Waals surface area (Å²) in [6.45, 7) is 0. The molecule has 9 heavy (non-hydrogen) atoms. The zero-order valence-electron chi connectivity index (χ0n) is 4.52. The van der Waals surface area contributed by atoms with Crippen LogP contribution in [0.3, 0.4) is 0 Å². The number of amides is 1. The largest absolute Gasteiger partial charge is 0.447 e. The van der Waals surface area contributed by atoms with Crippen molar-refractivity contribution in [2.24, 2.45) is 0 Å². The fraction of sp³-hybridized carbons (Fsp3) is 0. The lowest BCUT2D eigenvalue weighted by Crippen LogP contribution is -2.04. The van der Waals surface area contributed by atoms with E-state index in [1.807, 2.05) is 0 Å². The molecule has 0 unspecified atom stereocenters. The van der Waals surface area contributed by atoms with E-state index in [-0.39, 0.29) is 0 Å². The van der Waals surface area contributed by atoms with Gasteiger partial charge < -0.3 is 4.42 Å². The zero-order chi connectivity index (χ0) is 6.69. The van der Waals surface area contributed by atoms with Crippen LogP contribution in [0.5, 0.6) is 0 Å². The minimum absolute atomic E-state index is 0.424. The standard InChI is InChI=1S/C5H5NO2S/c7-4-6(9)5-2-1-3-8-5/h1-4,9H. The maximum absolute atomic E-state index is 9.99. The minimum Gasteiger partial charge on any atom is -0.447 e. The summed E-state index contributed by atoms with van der Waals surface area (Å²) in [6, 6.07) is 3.32. The lowest BCUT2D eigenvalue weighted by atomic mass is 10.6. The highest BCUT2D eigenvalue weighted by atomic mass is 32.1. The van der Waals surface area contributed by atoms with Crippen LogP contribution in [-0.4, -0.2) is 6.41 Å². The number of carbonyl (C=O) groups is 1. The lowest BCUT2D eigenvalue weighted by molar-refractivity contribution is -0.106. The van der Waals surface area contributed by atoms with E-state index in [2.05, 4.69) is 12.8 Å². The van der Waals surface area contributed by atoms with Crippen molar-refractivity contribution in [1.82, 2.24) is 0 Å². The van der Waals surface area contributed by atoms with E-state index in [0.717, 1.165) is 4.31 Å². The van der Waals surface area contributed by atoms with Crippen LogP contribution >= 0.6 is 12.8 Å². The molecule has 0 saturated heterocycles. The summed E-state index contributed by atoms with van der Waals surface area (Å²) in [6.07, 6.45) is 2.03. The summed E-state index contributed by atoms with van der Waals surface area (Å²) < 4.78 is 5.86. The summed E-state index contributed by atoms with van der Waals surface area (Å²) in [7, 11) is 0. The lowest BCUT2D eigenvalue weighted by Gasteiger charge is -2.00. The summed E-state index contributed by atoms with van der Waals surface area (Å²) in [5.41, 5.74) is 0. The first-order valence-corrected chi connectivity index (χ1v) is 2.71. The molecule has 0 N–H and O–H groups in total. The van der Waals surface area contributed by atoms with E-state index in [0.29, 0.717) is 12.3 Å². The van der Waals surface area contributed by atoms with E-state index in [1.165, 1.54) is 6.26 Å². The Morgan fingerprint density at radius 2 is 2.56 bits per heavy atom. The highest BCUT2D eigenvalue weighted by Gasteiger charge is 1.99. The predicted molar refractivity (Wildman–Crippen MR) is 36.2 cm³/mol. The molecule has 48 valence electrons. The van der Waals surface area contributed by atoms with Gasteiger partial charge in [0.05, 0.1) is 6.26 Å². The molecule has 0 spiro atoms. The van der Waals surface area contributed by atoms with Crippen molar-refractivity contribution in [2.75, 3.05) is 4.31 Å².